The summed E-state index contributed by atoms with van der Waals surface area (Å²) in [4.78, 5) is 9.07. The molecule has 3 aromatic carbocycles. The molecule has 0 unspecified atom stereocenters. The van der Waals surface area contributed by atoms with Gasteiger partial charge in [0.25, 0.3) is 10.0 Å². The van der Waals surface area contributed by atoms with Gasteiger partial charge < -0.3 is 10.6 Å². The molecule has 0 aliphatic heterocycles. The van der Waals surface area contributed by atoms with Crippen molar-refractivity contribution in [2.24, 2.45) is 0 Å². The molecule has 0 saturated heterocycles. The fourth-order valence-electron chi connectivity index (χ4n) is 3.18. The van der Waals surface area contributed by atoms with Gasteiger partial charge in [-0.15, -0.1) is 0 Å². The predicted octanol–water partition coefficient (Wildman–Crippen LogP) is 6.34. The highest BCUT2D eigenvalue weighted by Crippen LogP contribution is 2.24. The summed E-state index contributed by atoms with van der Waals surface area (Å²) in [6.07, 6.45) is 0. The van der Waals surface area contributed by atoms with Gasteiger partial charge in [0, 0.05) is 33.8 Å². The van der Waals surface area contributed by atoms with E-state index in [1.165, 1.54) is 17.7 Å². The van der Waals surface area contributed by atoms with Crippen LogP contribution in [0.1, 0.15) is 16.8 Å². The number of aromatic nitrogens is 2. The molecule has 0 saturated carbocycles. The predicted molar refractivity (Wildman–Crippen MR) is 138 cm³/mol. The number of sulfonamides is 1. The van der Waals surface area contributed by atoms with E-state index in [-0.39, 0.29) is 4.90 Å². The Morgan fingerprint density at radius 1 is 0.735 bits per heavy atom. The summed E-state index contributed by atoms with van der Waals surface area (Å²) in [7, 11) is -3.76. The van der Waals surface area contributed by atoms with Crippen LogP contribution in [0.2, 0.25) is 5.02 Å². The van der Waals surface area contributed by atoms with Crippen LogP contribution in [0.5, 0.6) is 0 Å². The van der Waals surface area contributed by atoms with Gasteiger partial charge in [0.2, 0.25) is 5.95 Å². The Morgan fingerprint density at radius 2 is 1.35 bits per heavy atom. The van der Waals surface area contributed by atoms with Crippen molar-refractivity contribution in [1.29, 1.82) is 0 Å². The van der Waals surface area contributed by atoms with E-state index in [1.54, 1.807) is 30.3 Å². The third kappa shape index (κ3) is 5.84. The van der Waals surface area contributed by atoms with E-state index in [0.717, 1.165) is 16.9 Å². The Balaban J connectivity index is 1.46. The van der Waals surface area contributed by atoms with Gasteiger partial charge in [-0.2, -0.15) is 4.98 Å². The molecular weight excluding hydrogens is 470 g/mol. The lowest BCUT2D eigenvalue weighted by atomic mass is 10.2. The van der Waals surface area contributed by atoms with Crippen LogP contribution in [0.15, 0.2) is 77.7 Å². The second-order valence-corrected chi connectivity index (χ2v) is 10.0. The molecule has 0 amide bonds. The first-order valence-electron chi connectivity index (χ1n) is 10.5. The second-order valence-electron chi connectivity index (χ2n) is 7.93. The van der Waals surface area contributed by atoms with Gasteiger partial charge in [0.15, 0.2) is 0 Å². The van der Waals surface area contributed by atoms with Crippen LogP contribution >= 0.6 is 11.6 Å². The molecule has 3 N–H and O–H groups in total. The first-order chi connectivity index (χ1) is 16.2. The molecule has 1 heterocycles. The molecule has 0 atom stereocenters. The van der Waals surface area contributed by atoms with Crippen LogP contribution in [-0.2, 0) is 10.0 Å². The van der Waals surface area contributed by atoms with Gasteiger partial charge in [0.1, 0.15) is 5.82 Å². The molecule has 0 fully saturated rings. The average molecular weight is 494 g/mol. The lowest BCUT2D eigenvalue weighted by Crippen LogP contribution is -2.13. The minimum atomic E-state index is -3.76. The van der Waals surface area contributed by atoms with Crippen LogP contribution in [0.4, 0.5) is 28.8 Å². The monoisotopic (exact) mass is 493 g/mol. The molecule has 0 radical (unpaired) electrons. The highest BCUT2D eigenvalue weighted by molar-refractivity contribution is 7.92. The summed E-state index contributed by atoms with van der Waals surface area (Å²) in [6.45, 7) is 5.74. The van der Waals surface area contributed by atoms with Gasteiger partial charge in [-0.3, -0.25) is 4.72 Å². The Bertz CT molecular complexity index is 1420. The summed E-state index contributed by atoms with van der Waals surface area (Å²) in [5.41, 5.74) is 4.86. The van der Waals surface area contributed by atoms with Gasteiger partial charge in [-0.05, 0) is 74.9 Å². The Morgan fingerprint density at radius 3 is 2.03 bits per heavy atom. The average Bonchev–Trinajstić information content (AvgIpc) is 2.78. The zero-order valence-electron chi connectivity index (χ0n) is 18.9. The van der Waals surface area contributed by atoms with Crippen LogP contribution in [0.25, 0.3) is 0 Å². The molecule has 7 nitrogen and oxygen atoms in total. The van der Waals surface area contributed by atoms with E-state index < -0.39 is 10.0 Å². The molecule has 174 valence electrons. The first-order valence-corrected chi connectivity index (χ1v) is 12.4. The van der Waals surface area contributed by atoms with E-state index >= 15 is 0 Å². The van der Waals surface area contributed by atoms with E-state index in [9.17, 15) is 8.42 Å². The molecule has 0 spiro atoms. The molecular formula is C25H24ClN5O2S. The van der Waals surface area contributed by atoms with Crippen molar-refractivity contribution in [2.75, 3.05) is 15.4 Å². The lowest BCUT2D eigenvalue weighted by molar-refractivity contribution is 0.601. The number of aryl methyl sites for hydroxylation is 3. The zero-order chi connectivity index (χ0) is 24.3. The third-order valence-electron chi connectivity index (χ3n) is 5.03. The number of nitrogens with zero attached hydrogens (tertiary/aromatic N) is 2. The maximum Gasteiger partial charge on any atom is 0.261 e. The van der Waals surface area contributed by atoms with Gasteiger partial charge in [0.05, 0.1) is 4.90 Å². The van der Waals surface area contributed by atoms with E-state index in [2.05, 4.69) is 25.3 Å². The van der Waals surface area contributed by atoms with Gasteiger partial charge in [-0.25, -0.2) is 13.4 Å². The number of hydrogen-bond acceptors (Lipinski definition) is 6. The summed E-state index contributed by atoms with van der Waals surface area (Å²) in [5.74, 6) is 1.09. The number of nitrogens with one attached hydrogen (secondary N) is 3. The van der Waals surface area contributed by atoms with Crippen molar-refractivity contribution >= 4 is 50.5 Å². The van der Waals surface area contributed by atoms with E-state index in [1.807, 2.05) is 51.1 Å². The smallest absolute Gasteiger partial charge is 0.261 e. The topological polar surface area (TPSA) is 96.0 Å². The summed E-state index contributed by atoms with van der Waals surface area (Å²) in [5, 5.41) is 6.84. The molecule has 9 heteroatoms. The Hall–Kier alpha value is -3.62. The first kappa shape index (κ1) is 23.5. The largest absolute Gasteiger partial charge is 0.340 e. The summed E-state index contributed by atoms with van der Waals surface area (Å²) < 4.78 is 27.9. The standard InChI is InChI=1S/C25H24ClN5O2S/c1-16-4-7-19(8-5-16)28-24-14-18(3)27-25(30-24)29-20-9-11-21(12-10-20)31-34(32,33)22-13-6-17(2)23(26)15-22/h4-15,31H,1-3H3,(H2,27,28,29,30). The van der Waals surface area contributed by atoms with E-state index in [0.29, 0.717) is 28.2 Å². The maximum absolute atomic E-state index is 12.7. The SMILES string of the molecule is Cc1ccc(Nc2cc(C)nc(Nc3ccc(NS(=O)(=O)c4ccc(C)c(Cl)c4)cc3)n2)cc1. The minimum Gasteiger partial charge on any atom is -0.340 e. The number of halogens is 1. The van der Waals surface area contributed by atoms with Crippen molar-refractivity contribution in [3.63, 3.8) is 0 Å². The lowest BCUT2D eigenvalue weighted by Gasteiger charge is -2.12. The molecule has 0 aliphatic rings. The highest BCUT2D eigenvalue weighted by Gasteiger charge is 2.15. The van der Waals surface area contributed by atoms with Crippen molar-refractivity contribution < 1.29 is 8.42 Å². The number of rotatable bonds is 7. The fraction of sp³-hybridized carbons (Fsp3) is 0.120. The van der Waals surface area contributed by atoms with Crippen molar-refractivity contribution in [2.45, 2.75) is 25.7 Å². The van der Waals surface area contributed by atoms with Gasteiger partial charge >= 0.3 is 0 Å². The van der Waals surface area contributed by atoms with Crippen LogP contribution in [0, 0.1) is 20.8 Å². The second kappa shape index (κ2) is 9.70. The van der Waals surface area contributed by atoms with Crippen LogP contribution in [0.3, 0.4) is 0 Å². The number of hydrogen-bond donors (Lipinski definition) is 3. The third-order valence-corrected chi connectivity index (χ3v) is 6.81. The Labute approximate surface area is 204 Å². The molecule has 34 heavy (non-hydrogen) atoms. The number of anilines is 5. The summed E-state index contributed by atoms with van der Waals surface area (Å²) in [6, 6.07) is 21.4. The summed E-state index contributed by atoms with van der Waals surface area (Å²) >= 11 is 6.08. The van der Waals surface area contributed by atoms with Gasteiger partial charge in [-0.1, -0.05) is 35.4 Å². The fourth-order valence-corrected chi connectivity index (χ4v) is 4.51. The number of benzene rings is 3. The molecule has 4 aromatic rings. The quantitative estimate of drug-likeness (QED) is 0.278. The van der Waals surface area contributed by atoms with Crippen molar-refractivity contribution in [3.8, 4) is 0 Å². The van der Waals surface area contributed by atoms with Crippen LogP contribution < -0.4 is 15.4 Å². The molecule has 0 bridgehead atoms. The molecule has 1 aromatic heterocycles. The Kier molecular flexibility index (Phi) is 6.72. The zero-order valence-corrected chi connectivity index (χ0v) is 20.5. The van der Waals surface area contributed by atoms with Crippen molar-refractivity contribution in [1.82, 2.24) is 9.97 Å². The van der Waals surface area contributed by atoms with E-state index in [4.69, 9.17) is 11.6 Å². The molecule has 0 aliphatic carbocycles. The van der Waals surface area contributed by atoms with Crippen LogP contribution in [-0.4, -0.2) is 18.4 Å². The maximum atomic E-state index is 12.7. The normalized spacial score (nSPS) is 11.2. The minimum absolute atomic E-state index is 0.104. The highest BCUT2D eigenvalue weighted by atomic mass is 35.5. The van der Waals surface area contributed by atoms with Crippen molar-refractivity contribution in [3.05, 3.63) is 94.6 Å². The molecule has 4 rings (SSSR count).